The van der Waals surface area contributed by atoms with Crippen molar-refractivity contribution in [2.24, 2.45) is 10.7 Å². The topological polar surface area (TPSA) is 60.5 Å². The van der Waals surface area contributed by atoms with Gasteiger partial charge < -0.3 is 5.73 Å². The number of aliphatic imine (C=N–C) groups is 1. The van der Waals surface area contributed by atoms with E-state index in [-0.39, 0.29) is 0 Å². The Hall–Kier alpha value is -1.57. The van der Waals surface area contributed by atoms with Crippen molar-refractivity contribution in [2.45, 2.75) is 29.7 Å². The number of aromatic nitrogens is 1. The lowest BCUT2D eigenvalue weighted by Gasteiger charge is -2.32. The Morgan fingerprint density at radius 3 is 2.09 bits per heavy atom. The summed E-state index contributed by atoms with van der Waals surface area (Å²) in [5.74, 6) is -27.4. The first kappa shape index (κ1) is 17.8. The van der Waals surface area contributed by atoms with Crippen LogP contribution in [0.5, 0.6) is 0 Å². The van der Waals surface area contributed by atoms with Crippen molar-refractivity contribution < 1.29 is 44.3 Å². The minimum Gasteiger partial charge on any atom is -0.382 e. The molecule has 1 atom stereocenters. The number of hydrogen-bond acceptors (Lipinski definition) is 4. The molecule has 0 bridgehead atoms. The summed E-state index contributed by atoms with van der Waals surface area (Å²) in [6.07, 6.45) is -5.18. The summed E-state index contributed by atoms with van der Waals surface area (Å²) in [5.41, 5.74) is 4.63. The standard InChI is InChI=1S/C9H4F9N3OS/c10-5(11,3(19)21-4-20-1-2-23-4)8(16)6(12,13)7(14,15)9(17,18)22-8/h1-2H,(H2,19,20,21). The Labute approximate surface area is 124 Å². The second-order valence-corrected chi connectivity index (χ2v) is 5.12. The molecule has 1 unspecified atom stereocenters. The van der Waals surface area contributed by atoms with Crippen LogP contribution in [0.2, 0.25) is 0 Å². The first-order valence-electron chi connectivity index (χ1n) is 5.35. The SMILES string of the molecule is N/C(=N\c1nccs1)C(F)(F)C1(F)OC(F)(F)C(F)(F)C1(F)F. The van der Waals surface area contributed by atoms with Crippen LogP contribution in [0.15, 0.2) is 16.6 Å². The third kappa shape index (κ3) is 2.10. The van der Waals surface area contributed by atoms with Crippen LogP contribution in [0.4, 0.5) is 44.6 Å². The molecular weight excluding hydrogens is 369 g/mol. The van der Waals surface area contributed by atoms with E-state index in [1.54, 1.807) is 0 Å². The van der Waals surface area contributed by atoms with E-state index in [4.69, 9.17) is 0 Å². The average Bonchev–Trinajstić information content (AvgIpc) is 2.92. The lowest BCUT2D eigenvalue weighted by atomic mass is 9.99. The zero-order valence-electron chi connectivity index (χ0n) is 10.3. The summed E-state index contributed by atoms with van der Waals surface area (Å²) in [6.45, 7) is 0. The monoisotopic (exact) mass is 373 g/mol. The largest absolute Gasteiger partial charge is 0.428 e. The Kier molecular flexibility index (Phi) is 3.65. The van der Waals surface area contributed by atoms with Gasteiger partial charge in [0.1, 0.15) is 0 Å². The molecule has 1 aromatic rings. The molecule has 0 spiro atoms. The van der Waals surface area contributed by atoms with Gasteiger partial charge in [0.2, 0.25) is 5.13 Å². The van der Waals surface area contributed by atoms with Gasteiger partial charge in [-0.2, -0.15) is 44.5 Å². The molecular formula is C9H4F9N3OS. The molecule has 2 N–H and O–H groups in total. The number of amidine groups is 1. The molecule has 1 aromatic heterocycles. The number of rotatable bonds is 3. The molecule has 23 heavy (non-hydrogen) atoms. The van der Waals surface area contributed by atoms with Gasteiger partial charge in [-0.05, 0) is 0 Å². The van der Waals surface area contributed by atoms with Gasteiger partial charge in [0, 0.05) is 11.6 Å². The van der Waals surface area contributed by atoms with E-state index < -0.39 is 40.7 Å². The Bertz CT molecular complexity index is 632. The molecule has 0 aliphatic carbocycles. The second-order valence-electron chi connectivity index (χ2n) is 4.25. The number of halogens is 9. The first-order valence-corrected chi connectivity index (χ1v) is 6.23. The van der Waals surface area contributed by atoms with Gasteiger partial charge in [-0.15, -0.1) is 11.3 Å². The summed E-state index contributed by atoms with van der Waals surface area (Å²) in [5, 5.41) is 0.601. The molecule has 1 saturated heterocycles. The zero-order valence-corrected chi connectivity index (χ0v) is 11.2. The van der Waals surface area contributed by atoms with Crippen molar-refractivity contribution >= 4 is 22.3 Å². The molecule has 2 heterocycles. The van der Waals surface area contributed by atoms with Gasteiger partial charge in [0.25, 0.3) is 0 Å². The van der Waals surface area contributed by atoms with Gasteiger partial charge >= 0.3 is 29.7 Å². The minimum atomic E-state index is -6.60. The predicted molar refractivity (Wildman–Crippen MR) is 58.1 cm³/mol. The highest BCUT2D eigenvalue weighted by atomic mass is 32.1. The molecule has 1 aliphatic heterocycles. The molecule has 4 nitrogen and oxygen atoms in total. The van der Waals surface area contributed by atoms with E-state index in [2.05, 4.69) is 20.4 Å². The molecule has 14 heteroatoms. The maximum Gasteiger partial charge on any atom is 0.428 e. The van der Waals surface area contributed by atoms with Crippen molar-refractivity contribution in [3.8, 4) is 0 Å². The van der Waals surface area contributed by atoms with E-state index >= 15 is 0 Å². The van der Waals surface area contributed by atoms with Crippen molar-refractivity contribution in [1.29, 1.82) is 0 Å². The van der Waals surface area contributed by atoms with Crippen LogP contribution in [-0.2, 0) is 4.74 Å². The molecule has 0 radical (unpaired) electrons. The number of nitrogens with two attached hydrogens (primary N) is 1. The second kappa shape index (κ2) is 4.72. The van der Waals surface area contributed by atoms with E-state index in [1.165, 1.54) is 5.38 Å². The Balaban J connectivity index is 2.54. The molecule has 130 valence electrons. The van der Waals surface area contributed by atoms with Crippen LogP contribution in [-0.4, -0.2) is 40.6 Å². The van der Waals surface area contributed by atoms with E-state index in [0.29, 0.717) is 11.3 Å². The lowest BCUT2D eigenvalue weighted by molar-refractivity contribution is -0.362. The maximum atomic E-state index is 13.9. The van der Waals surface area contributed by atoms with Gasteiger partial charge in [0.05, 0.1) is 0 Å². The smallest absolute Gasteiger partial charge is 0.382 e. The Morgan fingerprint density at radius 2 is 1.70 bits per heavy atom. The number of hydrogen-bond donors (Lipinski definition) is 1. The first-order chi connectivity index (χ1) is 10.2. The van der Waals surface area contributed by atoms with Crippen LogP contribution in [0.1, 0.15) is 0 Å². The fourth-order valence-corrected chi connectivity index (χ4v) is 2.08. The molecule has 2 rings (SSSR count). The Morgan fingerprint density at radius 1 is 1.13 bits per heavy atom. The summed E-state index contributed by atoms with van der Waals surface area (Å²) in [7, 11) is 0. The third-order valence-electron chi connectivity index (χ3n) is 2.79. The maximum absolute atomic E-state index is 13.9. The fourth-order valence-electron chi connectivity index (χ4n) is 1.56. The van der Waals surface area contributed by atoms with Crippen LogP contribution >= 0.6 is 11.3 Å². The minimum absolute atomic E-state index is 0.549. The lowest BCUT2D eigenvalue weighted by Crippen LogP contribution is -2.64. The van der Waals surface area contributed by atoms with E-state index in [0.717, 1.165) is 6.20 Å². The summed E-state index contributed by atoms with van der Waals surface area (Å²) >= 11 is 0.549. The fraction of sp³-hybridized carbons (Fsp3) is 0.556. The van der Waals surface area contributed by atoms with Gasteiger partial charge in [-0.1, -0.05) is 0 Å². The molecule has 0 saturated carbocycles. The van der Waals surface area contributed by atoms with Gasteiger partial charge in [0.15, 0.2) is 5.84 Å². The molecule has 0 amide bonds. The number of ether oxygens (including phenoxy) is 1. The van der Waals surface area contributed by atoms with Crippen LogP contribution in [0.25, 0.3) is 0 Å². The molecule has 1 aliphatic rings. The predicted octanol–water partition coefficient (Wildman–Crippen LogP) is 3.33. The van der Waals surface area contributed by atoms with Crippen molar-refractivity contribution in [2.75, 3.05) is 0 Å². The van der Waals surface area contributed by atoms with Crippen molar-refractivity contribution in [1.82, 2.24) is 4.98 Å². The average molecular weight is 373 g/mol. The summed E-state index contributed by atoms with van der Waals surface area (Å²) in [4.78, 5) is 6.03. The van der Waals surface area contributed by atoms with E-state index in [1.807, 2.05) is 0 Å². The van der Waals surface area contributed by atoms with Gasteiger partial charge in [-0.3, -0.25) is 4.74 Å². The normalized spacial score (nSPS) is 29.7. The van der Waals surface area contributed by atoms with Crippen molar-refractivity contribution in [3.63, 3.8) is 0 Å². The van der Waals surface area contributed by atoms with Crippen molar-refractivity contribution in [3.05, 3.63) is 11.6 Å². The highest BCUT2D eigenvalue weighted by molar-refractivity contribution is 7.13. The van der Waals surface area contributed by atoms with Crippen LogP contribution in [0, 0.1) is 0 Å². The summed E-state index contributed by atoms with van der Waals surface area (Å²) < 4.78 is 122. The van der Waals surface area contributed by atoms with Crippen LogP contribution in [0.3, 0.4) is 0 Å². The van der Waals surface area contributed by atoms with Crippen LogP contribution < -0.4 is 5.73 Å². The third-order valence-corrected chi connectivity index (χ3v) is 3.46. The highest BCUT2D eigenvalue weighted by Crippen LogP contribution is 2.64. The molecule has 1 fully saturated rings. The molecule has 0 aromatic carbocycles. The summed E-state index contributed by atoms with van der Waals surface area (Å²) in [6, 6.07) is 0. The van der Waals surface area contributed by atoms with Gasteiger partial charge in [-0.25, -0.2) is 4.98 Å². The highest BCUT2D eigenvalue weighted by Gasteiger charge is 2.95. The van der Waals surface area contributed by atoms with E-state index in [9.17, 15) is 39.5 Å². The zero-order chi connectivity index (χ0) is 17.9. The number of nitrogens with zero attached hydrogens (tertiary/aromatic N) is 2. The quantitative estimate of drug-likeness (QED) is 0.502. The number of thiazole rings is 1. The number of alkyl halides is 9.